The molecule has 150 valence electrons. The van der Waals surface area contributed by atoms with Gasteiger partial charge in [-0.3, -0.25) is 9.59 Å². The highest BCUT2D eigenvalue weighted by Crippen LogP contribution is 2.23. The molecule has 0 spiro atoms. The van der Waals surface area contributed by atoms with Gasteiger partial charge >= 0.3 is 0 Å². The van der Waals surface area contributed by atoms with E-state index in [1.807, 2.05) is 18.2 Å². The molecule has 7 heteroatoms. The van der Waals surface area contributed by atoms with Crippen LogP contribution in [0, 0.1) is 0 Å². The van der Waals surface area contributed by atoms with Crippen LogP contribution in [0.2, 0.25) is 10.0 Å². The summed E-state index contributed by atoms with van der Waals surface area (Å²) in [4.78, 5) is 26.4. The van der Waals surface area contributed by atoms with Crippen molar-refractivity contribution in [2.75, 3.05) is 7.05 Å². The highest BCUT2D eigenvalue weighted by atomic mass is 35.5. The fourth-order valence-electron chi connectivity index (χ4n) is 2.89. The summed E-state index contributed by atoms with van der Waals surface area (Å²) in [5.41, 5.74) is 2.26. The van der Waals surface area contributed by atoms with Gasteiger partial charge in [0.2, 0.25) is 5.91 Å². The van der Waals surface area contributed by atoms with Gasteiger partial charge in [0.1, 0.15) is 5.76 Å². The lowest BCUT2D eigenvalue weighted by molar-refractivity contribution is -0.132. The maximum absolute atomic E-state index is 13.0. The lowest BCUT2D eigenvalue weighted by Crippen LogP contribution is -2.31. The maximum atomic E-state index is 13.0. The second-order valence-electron chi connectivity index (χ2n) is 6.53. The summed E-state index contributed by atoms with van der Waals surface area (Å²) in [5, 5.41) is 3.46. The summed E-state index contributed by atoms with van der Waals surface area (Å²) < 4.78 is 5.42. The van der Waals surface area contributed by atoms with Crippen molar-refractivity contribution in [1.29, 1.82) is 0 Å². The fourth-order valence-corrected chi connectivity index (χ4v) is 3.21. The van der Waals surface area contributed by atoms with E-state index in [1.54, 1.807) is 54.6 Å². The van der Waals surface area contributed by atoms with Crippen molar-refractivity contribution in [3.8, 4) is 0 Å². The van der Waals surface area contributed by atoms with Gasteiger partial charge in [0.25, 0.3) is 5.91 Å². The topological polar surface area (TPSA) is 62.6 Å². The van der Waals surface area contributed by atoms with Crippen LogP contribution in [0.25, 0.3) is 0 Å². The maximum Gasteiger partial charge on any atom is 0.251 e. The first-order chi connectivity index (χ1) is 14.0. The Morgan fingerprint density at radius 2 is 1.69 bits per heavy atom. The minimum atomic E-state index is -0.153. The fraction of sp³-hybridized carbons (Fsp3) is 0.182. The predicted octanol–water partition coefficient (Wildman–Crippen LogP) is 4.72. The predicted molar refractivity (Wildman–Crippen MR) is 113 cm³/mol. The van der Waals surface area contributed by atoms with Gasteiger partial charge in [0, 0.05) is 19.2 Å². The van der Waals surface area contributed by atoms with Crippen LogP contribution < -0.4 is 5.32 Å². The molecule has 0 bridgehead atoms. The van der Waals surface area contributed by atoms with Crippen LogP contribution in [-0.2, 0) is 24.3 Å². The van der Waals surface area contributed by atoms with Crippen molar-refractivity contribution in [2.24, 2.45) is 0 Å². The van der Waals surface area contributed by atoms with Crippen LogP contribution in [0.4, 0.5) is 0 Å². The van der Waals surface area contributed by atoms with Crippen LogP contribution in [0.3, 0.4) is 0 Å². The van der Waals surface area contributed by atoms with Crippen molar-refractivity contribution in [3.05, 3.63) is 93.4 Å². The molecule has 5 nitrogen and oxygen atoms in total. The molecule has 0 aliphatic carbocycles. The molecule has 0 unspecified atom stereocenters. The zero-order valence-electron chi connectivity index (χ0n) is 15.8. The quantitative estimate of drug-likeness (QED) is 0.589. The molecular formula is C22H20Cl2N2O3. The molecule has 2 amide bonds. The number of carbonyl (C=O) groups is 2. The van der Waals surface area contributed by atoms with Crippen molar-refractivity contribution < 1.29 is 14.0 Å². The zero-order valence-corrected chi connectivity index (χ0v) is 17.3. The molecule has 1 heterocycles. The van der Waals surface area contributed by atoms with Gasteiger partial charge in [-0.05, 0) is 47.5 Å². The molecule has 1 aromatic heterocycles. The van der Waals surface area contributed by atoms with Crippen molar-refractivity contribution >= 4 is 35.0 Å². The van der Waals surface area contributed by atoms with Gasteiger partial charge in [0.05, 0.1) is 29.3 Å². The summed E-state index contributed by atoms with van der Waals surface area (Å²) in [5.74, 6) is 0.462. The van der Waals surface area contributed by atoms with E-state index in [0.717, 1.165) is 11.1 Å². The van der Waals surface area contributed by atoms with E-state index in [2.05, 4.69) is 5.32 Å². The largest absolute Gasteiger partial charge is 0.467 e. The van der Waals surface area contributed by atoms with E-state index in [0.29, 0.717) is 34.5 Å². The summed E-state index contributed by atoms with van der Waals surface area (Å²) in [6.07, 6.45) is 1.77. The zero-order chi connectivity index (χ0) is 20.8. The Morgan fingerprint density at radius 3 is 2.31 bits per heavy atom. The van der Waals surface area contributed by atoms with E-state index in [-0.39, 0.29) is 18.2 Å². The third-order valence-electron chi connectivity index (χ3n) is 4.44. The Balaban J connectivity index is 1.77. The molecule has 3 rings (SSSR count). The molecule has 0 atom stereocenters. The molecule has 0 saturated heterocycles. The van der Waals surface area contributed by atoms with Crippen LogP contribution in [-0.4, -0.2) is 23.8 Å². The Morgan fingerprint density at radius 1 is 0.966 bits per heavy atom. The number of nitrogens with zero attached hydrogens (tertiary/aromatic N) is 1. The van der Waals surface area contributed by atoms with Crippen molar-refractivity contribution in [3.63, 3.8) is 0 Å². The van der Waals surface area contributed by atoms with E-state index in [1.165, 1.54) is 0 Å². The number of halogens is 2. The molecule has 0 radical (unpaired) electrons. The van der Waals surface area contributed by atoms with Crippen LogP contribution >= 0.6 is 23.2 Å². The highest BCUT2D eigenvalue weighted by molar-refractivity contribution is 6.42. The Hall–Kier alpha value is -2.76. The summed E-state index contributed by atoms with van der Waals surface area (Å²) in [6, 6.07) is 15.9. The minimum Gasteiger partial charge on any atom is -0.467 e. The first-order valence-corrected chi connectivity index (χ1v) is 9.77. The third kappa shape index (κ3) is 5.62. The molecular weight excluding hydrogens is 411 g/mol. The molecule has 0 saturated carbocycles. The monoisotopic (exact) mass is 430 g/mol. The normalized spacial score (nSPS) is 10.6. The van der Waals surface area contributed by atoms with E-state index in [4.69, 9.17) is 27.6 Å². The molecule has 1 N–H and O–H groups in total. The molecule has 0 aliphatic heterocycles. The van der Waals surface area contributed by atoms with Gasteiger partial charge in [-0.1, -0.05) is 41.4 Å². The van der Waals surface area contributed by atoms with Crippen molar-refractivity contribution in [2.45, 2.75) is 19.5 Å². The minimum absolute atomic E-state index is 0.0739. The summed E-state index contributed by atoms with van der Waals surface area (Å²) in [7, 11) is 1.59. The van der Waals surface area contributed by atoms with Gasteiger partial charge in [-0.15, -0.1) is 0 Å². The van der Waals surface area contributed by atoms with Gasteiger partial charge in [0.15, 0.2) is 0 Å². The number of hydrogen-bond donors (Lipinski definition) is 1. The SMILES string of the molecule is CNC(=O)c1ccc(CN(Cc2ccco2)C(=O)Cc2ccc(Cl)c(Cl)c2)cc1. The van der Waals surface area contributed by atoms with E-state index in [9.17, 15) is 9.59 Å². The Kier molecular flexibility index (Phi) is 6.96. The average Bonchev–Trinajstić information content (AvgIpc) is 3.23. The summed E-state index contributed by atoms with van der Waals surface area (Å²) in [6.45, 7) is 0.721. The summed E-state index contributed by atoms with van der Waals surface area (Å²) >= 11 is 12.0. The molecule has 0 aliphatic rings. The molecule has 2 aromatic carbocycles. The van der Waals surface area contributed by atoms with E-state index < -0.39 is 0 Å². The number of rotatable bonds is 7. The number of carbonyl (C=O) groups excluding carboxylic acids is 2. The second-order valence-corrected chi connectivity index (χ2v) is 7.34. The third-order valence-corrected chi connectivity index (χ3v) is 5.17. The lowest BCUT2D eigenvalue weighted by Gasteiger charge is -2.22. The second kappa shape index (κ2) is 9.63. The number of amides is 2. The first-order valence-electron chi connectivity index (χ1n) is 9.01. The van der Waals surface area contributed by atoms with E-state index >= 15 is 0 Å². The van der Waals surface area contributed by atoms with Crippen LogP contribution in [0.5, 0.6) is 0 Å². The smallest absolute Gasteiger partial charge is 0.251 e. The first kappa shape index (κ1) is 21.0. The number of furan rings is 1. The van der Waals surface area contributed by atoms with Crippen LogP contribution in [0.1, 0.15) is 27.2 Å². The molecule has 3 aromatic rings. The van der Waals surface area contributed by atoms with Gasteiger partial charge in [-0.25, -0.2) is 0 Å². The Bertz CT molecular complexity index is 986. The standard InChI is InChI=1S/C22H20Cl2N2O3/c1-25-22(28)17-7-4-15(5-8-17)13-26(14-18-3-2-10-29-18)21(27)12-16-6-9-19(23)20(24)11-16/h2-11H,12-14H2,1H3,(H,25,28). The number of hydrogen-bond acceptors (Lipinski definition) is 3. The molecule has 29 heavy (non-hydrogen) atoms. The number of nitrogens with one attached hydrogen (secondary N) is 1. The van der Waals surface area contributed by atoms with Crippen molar-refractivity contribution in [1.82, 2.24) is 10.2 Å². The van der Waals surface area contributed by atoms with Gasteiger partial charge < -0.3 is 14.6 Å². The molecule has 0 fully saturated rings. The lowest BCUT2D eigenvalue weighted by atomic mass is 10.1. The highest BCUT2D eigenvalue weighted by Gasteiger charge is 2.17. The van der Waals surface area contributed by atoms with Gasteiger partial charge in [-0.2, -0.15) is 0 Å². The van der Waals surface area contributed by atoms with Crippen LogP contribution in [0.15, 0.2) is 65.3 Å². The number of benzene rings is 2. The average molecular weight is 431 g/mol. The Labute approximate surface area is 179 Å².